The largest absolute Gasteiger partial charge is 0.345 e. The van der Waals surface area contributed by atoms with Gasteiger partial charge in [-0.2, -0.15) is 0 Å². The minimum Gasteiger partial charge on any atom is -0.345 e. The molecule has 110 valence electrons. The van der Waals surface area contributed by atoms with Gasteiger partial charge in [0.15, 0.2) is 5.78 Å². The van der Waals surface area contributed by atoms with E-state index in [1.807, 2.05) is 18.2 Å². The number of hydrogen-bond acceptors (Lipinski definition) is 3. The zero-order valence-electron chi connectivity index (χ0n) is 12.5. The highest BCUT2D eigenvalue weighted by atomic mass is 16.2. The number of carbonyl (C=O) groups excluding carboxylic acids is 2. The maximum atomic E-state index is 11.8. The summed E-state index contributed by atoms with van der Waals surface area (Å²) in [4.78, 5) is 23.4. The Morgan fingerprint density at radius 3 is 2.35 bits per heavy atom. The van der Waals surface area contributed by atoms with E-state index in [2.05, 4.69) is 17.4 Å². The van der Waals surface area contributed by atoms with Gasteiger partial charge in [-0.25, -0.2) is 0 Å². The van der Waals surface area contributed by atoms with Crippen LogP contribution in [0.25, 0.3) is 0 Å². The molecule has 0 fully saturated rings. The predicted molar refractivity (Wildman–Crippen MR) is 80.3 cm³/mol. The smallest absolute Gasteiger partial charge is 0.240 e. The molecule has 0 aliphatic rings. The molecule has 0 aliphatic heterocycles. The molecule has 0 aromatic heterocycles. The van der Waals surface area contributed by atoms with E-state index in [-0.39, 0.29) is 11.7 Å². The van der Waals surface area contributed by atoms with Crippen molar-refractivity contribution in [3.8, 4) is 0 Å². The SMILES string of the molecule is CC(=O)C(CCCc1ccccc1)NC(=O)C(C)(C)N. The van der Waals surface area contributed by atoms with Crippen LogP contribution in [0.1, 0.15) is 39.2 Å². The van der Waals surface area contributed by atoms with Gasteiger partial charge in [0.05, 0.1) is 11.6 Å². The zero-order valence-corrected chi connectivity index (χ0v) is 12.5. The molecule has 1 atom stereocenters. The minimum atomic E-state index is -0.965. The Labute approximate surface area is 120 Å². The third-order valence-corrected chi connectivity index (χ3v) is 3.18. The lowest BCUT2D eigenvalue weighted by atomic mass is 10.0. The van der Waals surface area contributed by atoms with Gasteiger partial charge in [0, 0.05) is 0 Å². The Balaban J connectivity index is 2.48. The van der Waals surface area contributed by atoms with Gasteiger partial charge in [-0.15, -0.1) is 0 Å². The van der Waals surface area contributed by atoms with E-state index in [0.717, 1.165) is 12.8 Å². The molecule has 1 rings (SSSR count). The first kappa shape index (κ1) is 16.4. The summed E-state index contributed by atoms with van der Waals surface area (Å²) in [6.07, 6.45) is 2.37. The topological polar surface area (TPSA) is 72.2 Å². The highest BCUT2D eigenvalue weighted by Gasteiger charge is 2.26. The zero-order chi connectivity index (χ0) is 15.2. The Hall–Kier alpha value is -1.68. The second-order valence-corrected chi connectivity index (χ2v) is 5.74. The molecule has 4 nitrogen and oxygen atoms in total. The Bertz CT molecular complexity index is 449. The van der Waals surface area contributed by atoms with Crippen LogP contribution in [0.2, 0.25) is 0 Å². The van der Waals surface area contributed by atoms with Crippen LogP contribution in [0.5, 0.6) is 0 Å². The lowest BCUT2D eigenvalue weighted by molar-refractivity contribution is -0.129. The van der Waals surface area contributed by atoms with Gasteiger partial charge < -0.3 is 11.1 Å². The normalized spacial score (nSPS) is 12.8. The average Bonchev–Trinajstić information content (AvgIpc) is 2.37. The second-order valence-electron chi connectivity index (χ2n) is 5.74. The Morgan fingerprint density at radius 1 is 1.25 bits per heavy atom. The average molecular weight is 276 g/mol. The standard InChI is InChI=1S/C16H24N2O2/c1-12(19)14(18-15(20)16(2,3)17)11-7-10-13-8-5-4-6-9-13/h4-6,8-9,14H,7,10-11,17H2,1-3H3,(H,18,20). The molecule has 1 unspecified atom stereocenters. The van der Waals surface area contributed by atoms with E-state index in [0.29, 0.717) is 6.42 Å². The lowest BCUT2D eigenvalue weighted by Gasteiger charge is -2.22. The van der Waals surface area contributed by atoms with Crippen LogP contribution in [-0.2, 0) is 16.0 Å². The number of aryl methyl sites for hydroxylation is 1. The molecule has 0 saturated heterocycles. The number of hydrogen-bond donors (Lipinski definition) is 2. The summed E-state index contributed by atoms with van der Waals surface area (Å²) in [6.45, 7) is 4.75. The summed E-state index contributed by atoms with van der Waals surface area (Å²) in [7, 11) is 0. The molecule has 0 radical (unpaired) electrons. The van der Waals surface area contributed by atoms with Crippen LogP contribution in [0.15, 0.2) is 30.3 Å². The van der Waals surface area contributed by atoms with E-state index in [4.69, 9.17) is 5.73 Å². The molecular formula is C16H24N2O2. The molecule has 20 heavy (non-hydrogen) atoms. The number of carbonyl (C=O) groups is 2. The maximum absolute atomic E-state index is 11.8. The third kappa shape index (κ3) is 5.53. The number of benzene rings is 1. The molecule has 4 heteroatoms. The number of rotatable bonds is 7. The summed E-state index contributed by atoms with van der Waals surface area (Å²) < 4.78 is 0. The third-order valence-electron chi connectivity index (χ3n) is 3.18. The fraction of sp³-hybridized carbons (Fsp3) is 0.500. The van der Waals surface area contributed by atoms with Crippen molar-refractivity contribution in [2.75, 3.05) is 0 Å². The van der Waals surface area contributed by atoms with Gasteiger partial charge >= 0.3 is 0 Å². The number of Topliss-reactive ketones (excluding diaryl/α,β-unsaturated/α-hetero) is 1. The molecule has 0 saturated carbocycles. The molecule has 0 spiro atoms. The van der Waals surface area contributed by atoms with Gasteiger partial charge in [-0.05, 0) is 45.6 Å². The van der Waals surface area contributed by atoms with Gasteiger partial charge in [0.2, 0.25) is 5.91 Å². The van der Waals surface area contributed by atoms with E-state index in [1.54, 1.807) is 13.8 Å². The van der Waals surface area contributed by atoms with Crippen molar-refractivity contribution in [2.24, 2.45) is 5.73 Å². The first-order valence-electron chi connectivity index (χ1n) is 6.95. The molecule has 0 bridgehead atoms. The Kier molecular flexibility index (Phi) is 5.89. The first-order chi connectivity index (χ1) is 9.30. The molecule has 0 aliphatic carbocycles. The van der Waals surface area contributed by atoms with Crippen molar-refractivity contribution in [1.82, 2.24) is 5.32 Å². The molecule has 1 aromatic carbocycles. The predicted octanol–water partition coefficient (Wildman–Crippen LogP) is 1.82. The molecule has 1 aromatic rings. The van der Waals surface area contributed by atoms with Gasteiger partial charge in [-0.3, -0.25) is 9.59 Å². The molecule has 1 amide bonds. The van der Waals surface area contributed by atoms with Crippen LogP contribution in [-0.4, -0.2) is 23.3 Å². The van der Waals surface area contributed by atoms with Crippen LogP contribution >= 0.6 is 0 Å². The number of nitrogens with two attached hydrogens (primary N) is 1. The summed E-state index contributed by atoms with van der Waals surface area (Å²) in [6, 6.07) is 9.64. The van der Waals surface area contributed by atoms with Crippen molar-refractivity contribution in [1.29, 1.82) is 0 Å². The van der Waals surface area contributed by atoms with Crippen LogP contribution < -0.4 is 11.1 Å². The van der Waals surface area contributed by atoms with Crippen molar-refractivity contribution in [3.05, 3.63) is 35.9 Å². The minimum absolute atomic E-state index is 0.0318. The number of ketones is 1. The molecule has 3 N–H and O–H groups in total. The summed E-state index contributed by atoms with van der Waals surface area (Å²) >= 11 is 0. The Morgan fingerprint density at radius 2 is 1.85 bits per heavy atom. The molecular weight excluding hydrogens is 252 g/mol. The fourth-order valence-corrected chi connectivity index (χ4v) is 1.88. The van der Waals surface area contributed by atoms with Gasteiger partial charge in [0.25, 0.3) is 0 Å². The van der Waals surface area contributed by atoms with Crippen molar-refractivity contribution < 1.29 is 9.59 Å². The van der Waals surface area contributed by atoms with Crippen molar-refractivity contribution >= 4 is 11.7 Å². The maximum Gasteiger partial charge on any atom is 0.240 e. The van der Waals surface area contributed by atoms with Gasteiger partial charge in [0.1, 0.15) is 0 Å². The van der Waals surface area contributed by atoms with Crippen LogP contribution in [0.3, 0.4) is 0 Å². The van der Waals surface area contributed by atoms with E-state index >= 15 is 0 Å². The van der Waals surface area contributed by atoms with Crippen molar-refractivity contribution in [2.45, 2.75) is 51.6 Å². The van der Waals surface area contributed by atoms with E-state index < -0.39 is 11.6 Å². The number of amides is 1. The van der Waals surface area contributed by atoms with Gasteiger partial charge in [-0.1, -0.05) is 30.3 Å². The highest BCUT2D eigenvalue weighted by molar-refractivity contribution is 5.91. The lowest BCUT2D eigenvalue weighted by Crippen LogP contribution is -2.53. The first-order valence-corrected chi connectivity index (χ1v) is 6.95. The van der Waals surface area contributed by atoms with Crippen LogP contribution in [0.4, 0.5) is 0 Å². The second kappa shape index (κ2) is 7.20. The highest BCUT2D eigenvalue weighted by Crippen LogP contribution is 2.08. The fourth-order valence-electron chi connectivity index (χ4n) is 1.88. The number of nitrogens with one attached hydrogen (secondary N) is 1. The summed E-state index contributed by atoms with van der Waals surface area (Å²) in [5, 5.41) is 2.73. The van der Waals surface area contributed by atoms with E-state index in [9.17, 15) is 9.59 Å². The molecule has 0 heterocycles. The van der Waals surface area contributed by atoms with Crippen LogP contribution in [0, 0.1) is 0 Å². The summed E-state index contributed by atoms with van der Waals surface area (Å²) in [5.41, 5.74) is 6.00. The van der Waals surface area contributed by atoms with E-state index in [1.165, 1.54) is 12.5 Å². The van der Waals surface area contributed by atoms with Crippen molar-refractivity contribution in [3.63, 3.8) is 0 Å². The summed E-state index contributed by atoms with van der Waals surface area (Å²) in [5.74, 6) is -0.326. The monoisotopic (exact) mass is 276 g/mol. The quantitative estimate of drug-likeness (QED) is 0.798.